The second kappa shape index (κ2) is 8.87. The minimum Gasteiger partial charge on any atom is -0.619 e. The van der Waals surface area contributed by atoms with Crippen LogP contribution in [0, 0.1) is 12.1 Å². The van der Waals surface area contributed by atoms with E-state index >= 15 is 0 Å². The molecule has 0 saturated carbocycles. The highest BCUT2D eigenvalue weighted by Crippen LogP contribution is 2.22. The molecule has 0 radical (unpaired) electrons. The molecule has 13 heteroatoms. The van der Waals surface area contributed by atoms with Gasteiger partial charge in [-0.15, -0.1) is 0 Å². The van der Waals surface area contributed by atoms with Crippen LogP contribution in [0.5, 0.6) is 0 Å². The van der Waals surface area contributed by atoms with Crippen LogP contribution >= 0.6 is 11.6 Å². The molecule has 1 amide bonds. The molecule has 35 heavy (non-hydrogen) atoms. The summed E-state index contributed by atoms with van der Waals surface area (Å²) in [6.45, 7) is 2.37. The maximum Gasteiger partial charge on any atom is 0.276 e. The van der Waals surface area contributed by atoms with Gasteiger partial charge in [0.1, 0.15) is 0 Å². The van der Waals surface area contributed by atoms with Gasteiger partial charge in [0.15, 0.2) is 17.7 Å². The number of sulfonamides is 1. The number of hydrogen-bond acceptors (Lipinski definition) is 7. The molecule has 4 heterocycles. The van der Waals surface area contributed by atoms with Crippen LogP contribution in [-0.4, -0.2) is 69.6 Å². The fourth-order valence-electron chi connectivity index (χ4n) is 3.85. The summed E-state index contributed by atoms with van der Waals surface area (Å²) in [5.74, 6) is 0.113. The first-order chi connectivity index (χ1) is 16.7. The molecule has 180 valence electrons. The third-order valence-electron chi connectivity index (χ3n) is 5.79. The lowest BCUT2D eigenvalue weighted by Crippen LogP contribution is -2.50. The van der Waals surface area contributed by atoms with Crippen LogP contribution in [0.25, 0.3) is 22.4 Å². The Bertz CT molecular complexity index is 1530. The normalized spacial score (nSPS) is 15.0. The van der Waals surface area contributed by atoms with E-state index in [-0.39, 0.29) is 37.2 Å². The maximum atomic E-state index is 13.1. The van der Waals surface area contributed by atoms with E-state index in [0.29, 0.717) is 38.7 Å². The first-order valence-electron chi connectivity index (χ1n) is 10.7. The molecule has 1 N–H and O–H groups in total. The Morgan fingerprint density at radius 1 is 1.11 bits per heavy atom. The molecule has 0 unspecified atom stereocenters. The molecule has 4 aromatic rings. The number of H-pyrrole nitrogens is 1. The Morgan fingerprint density at radius 3 is 2.51 bits per heavy atom. The highest BCUT2D eigenvalue weighted by molar-refractivity contribution is 7.89. The first-order valence-corrected chi connectivity index (χ1v) is 12.5. The standard InChI is InChI=1S/C22H20ClN7O4S/c1-14-10-15(4-5-30(14)32)20-24-12-16(13-25-20)21(31)28-6-8-29(9-7-28)35(33,34)22-26-18-3-2-17(23)11-19(18)27-22/h2-5,10-13H,6-9H2,1H3,(H,26,27). The number of nitrogens with zero attached hydrogens (tertiary/aromatic N) is 6. The van der Waals surface area contributed by atoms with Gasteiger partial charge in [-0.3, -0.25) is 4.79 Å². The Kier molecular flexibility index (Phi) is 5.87. The average molecular weight is 514 g/mol. The highest BCUT2D eigenvalue weighted by atomic mass is 35.5. The first kappa shape index (κ1) is 23.1. The van der Waals surface area contributed by atoms with Crippen molar-refractivity contribution in [2.75, 3.05) is 26.2 Å². The summed E-state index contributed by atoms with van der Waals surface area (Å²) in [6.07, 6.45) is 4.24. The molecule has 3 aromatic heterocycles. The van der Waals surface area contributed by atoms with Gasteiger partial charge in [0.05, 0.1) is 16.6 Å². The lowest BCUT2D eigenvalue weighted by molar-refractivity contribution is -0.612. The molecule has 0 aliphatic carbocycles. The van der Waals surface area contributed by atoms with Crippen LogP contribution in [0.4, 0.5) is 0 Å². The lowest BCUT2D eigenvalue weighted by Gasteiger charge is -2.33. The minimum atomic E-state index is -3.86. The fraction of sp³-hybridized carbons (Fsp3) is 0.227. The summed E-state index contributed by atoms with van der Waals surface area (Å²) in [6, 6.07) is 8.18. The predicted octanol–water partition coefficient (Wildman–Crippen LogP) is 1.76. The summed E-state index contributed by atoms with van der Waals surface area (Å²) in [7, 11) is -3.86. The predicted molar refractivity (Wildman–Crippen MR) is 127 cm³/mol. The summed E-state index contributed by atoms with van der Waals surface area (Å²) in [5.41, 5.74) is 2.51. The number of aryl methyl sites for hydroxylation is 1. The second-order valence-electron chi connectivity index (χ2n) is 8.08. The Balaban J connectivity index is 1.26. The van der Waals surface area contributed by atoms with Gasteiger partial charge in [-0.1, -0.05) is 11.6 Å². The van der Waals surface area contributed by atoms with E-state index in [0.717, 1.165) is 4.73 Å². The third-order valence-corrected chi connectivity index (χ3v) is 7.75. The largest absolute Gasteiger partial charge is 0.619 e. The quantitative estimate of drug-likeness (QED) is 0.324. The number of carbonyl (C=O) groups excluding carboxylic acids is 1. The number of aromatic nitrogens is 5. The topological polar surface area (TPSA) is 139 Å². The van der Waals surface area contributed by atoms with E-state index in [4.69, 9.17) is 11.6 Å². The van der Waals surface area contributed by atoms with Gasteiger partial charge in [-0.25, -0.2) is 23.4 Å². The number of pyridine rings is 1. The summed E-state index contributed by atoms with van der Waals surface area (Å²) in [5, 5.41) is 11.8. The molecule has 1 aliphatic rings. The van der Waals surface area contributed by atoms with E-state index in [9.17, 15) is 18.4 Å². The number of carbonyl (C=O) groups is 1. The van der Waals surface area contributed by atoms with Crippen molar-refractivity contribution in [1.82, 2.24) is 29.1 Å². The van der Waals surface area contributed by atoms with Crippen molar-refractivity contribution in [2.24, 2.45) is 0 Å². The monoisotopic (exact) mass is 513 g/mol. The van der Waals surface area contributed by atoms with Gasteiger partial charge in [0.25, 0.3) is 15.9 Å². The zero-order valence-electron chi connectivity index (χ0n) is 18.5. The van der Waals surface area contributed by atoms with E-state index in [1.54, 1.807) is 42.2 Å². The van der Waals surface area contributed by atoms with E-state index < -0.39 is 10.0 Å². The Labute approximate surface area is 205 Å². The van der Waals surface area contributed by atoms with E-state index in [1.807, 2.05) is 0 Å². The number of benzene rings is 1. The number of imidazole rings is 1. The number of fused-ring (bicyclic) bond motifs is 1. The van der Waals surface area contributed by atoms with Crippen LogP contribution in [0.2, 0.25) is 5.02 Å². The molecule has 1 aliphatic heterocycles. The van der Waals surface area contributed by atoms with Crippen LogP contribution in [-0.2, 0) is 10.0 Å². The van der Waals surface area contributed by atoms with Crippen LogP contribution in [0.1, 0.15) is 16.1 Å². The lowest BCUT2D eigenvalue weighted by atomic mass is 10.2. The number of nitrogens with one attached hydrogen (secondary N) is 1. The Hall–Kier alpha value is -3.61. The number of halogens is 1. The average Bonchev–Trinajstić information content (AvgIpc) is 3.30. The zero-order chi connectivity index (χ0) is 24.7. The van der Waals surface area contributed by atoms with Gasteiger partial charge in [0.2, 0.25) is 5.16 Å². The highest BCUT2D eigenvalue weighted by Gasteiger charge is 2.32. The smallest absolute Gasteiger partial charge is 0.276 e. The number of hydrogen-bond donors (Lipinski definition) is 1. The van der Waals surface area contributed by atoms with Crippen molar-refractivity contribution in [1.29, 1.82) is 0 Å². The second-order valence-corrected chi connectivity index (χ2v) is 10.4. The van der Waals surface area contributed by atoms with Gasteiger partial charge in [-0.2, -0.15) is 9.04 Å². The Morgan fingerprint density at radius 2 is 1.83 bits per heavy atom. The molecule has 1 aromatic carbocycles. The summed E-state index contributed by atoms with van der Waals surface area (Å²) < 4.78 is 28.2. The van der Waals surface area contributed by atoms with Gasteiger partial charge in [-0.05, 0) is 18.2 Å². The van der Waals surface area contributed by atoms with Crippen molar-refractivity contribution in [3.05, 3.63) is 70.4 Å². The molecule has 1 saturated heterocycles. The maximum absolute atomic E-state index is 13.1. The molecular weight excluding hydrogens is 494 g/mol. The SMILES string of the molecule is Cc1cc(-c2ncc(C(=O)N3CCN(S(=O)(=O)c4nc5ccc(Cl)cc5[nH]4)CC3)cn2)cc[n+]1[O-]. The molecule has 0 atom stereocenters. The summed E-state index contributed by atoms with van der Waals surface area (Å²) >= 11 is 5.97. The van der Waals surface area contributed by atoms with Crippen molar-refractivity contribution in [2.45, 2.75) is 12.1 Å². The third kappa shape index (κ3) is 4.43. The molecule has 0 spiro atoms. The molecule has 11 nitrogen and oxygen atoms in total. The molecule has 1 fully saturated rings. The fourth-order valence-corrected chi connectivity index (χ4v) is 5.36. The zero-order valence-corrected chi connectivity index (χ0v) is 20.1. The van der Waals surface area contributed by atoms with Crippen molar-refractivity contribution >= 4 is 38.6 Å². The number of aromatic amines is 1. The number of rotatable bonds is 4. The van der Waals surface area contributed by atoms with Gasteiger partial charge in [0, 0.05) is 68.2 Å². The minimum absolute atomic E-state index is 0.128. The molecule has 0 bridgehead atoms. The summed E-state index contributed by atoms with van der Waals surface area (Å²) in [4.78, 5) is 30.0. The number of amides is 1. The van der Waals surface area contributed by atoms with Crippen molar-refractivity contribution < 1.29 is 17.9 Å². The van der Waals surface area contributed by atoms with Crippen molar-refractivity contribution in [3.8, 4) is 11.4 Å². The van der Waals surface area contributed by atoms with Gasteiger partial charge >= 0.3 is 0 Å². The van der Waals surface area contributed by atoms with E-state index in [1.165, 1.54) is 22.9 Å². The molecule has 5 rings (SSSR count). The van der Waals surface area contributed by atoms with Gasteiger partial charge < -0.3 is 15.1 Å². The van der Waals surface area contributed by atoms with Crippen LogP contribution in [0.3, 0.4) is 0 Å². The van der Waals surface area contributed by atoms with Crippen LogP contribution in [0.15, 0.2) is 54.1 Å². The van der Waals surface area contributed by atoms with Crippen molar-refractivity contribution in [3.63, 3.8) is 0 Å². The van der Waals surface area contributed by atoms with E-state index in [2.05, 4.69) is 19.9 Å². The number of piperazine rings is 1. The molecular formula is C22H20ClN7O4S. The van der Waals surface area contributed by atoms with Crippen LogP contribution < -0.4 is 4.73 Å².